The molecule has 0 saturated heterocycles. The van der Waals surface area contributed by atoms with Crippen LogP contribution in [0.25, 0.3) is 0 Å². The molecule has 0 aliphatic heterocycles. The van der Waals surface area contributed by atoms with E-state index in [1.165, 1.54) is 0 Å². The molecule has 0 unspecified atom stereocenters. The second kappa shape index (κ2) is 3.04. The molecule has 0 aromatic heterocycles. The lowest BCUT2D eigenvalue weighted by Crippen LogP contribution is -1.45. The molecule has 0 N–H and O–H groups in total. The predicted octanol–water partition coefficient (Wildman–Crippen LogP) is 0.971. The molecule has 0 saturated carbocycles. The van der Waals surface area contributed by atoms with Crippen LogP contribution in [0.2, 0.25) is 0 Å². The van der Waals surface area contributed by atoms with Gasteiger partial charge in [-0.05, 0) is 6.42 Å². The smallest absolute Gasteiger partial charge is 0.0655 e. The van der Waals surface area contributed by atoms with Crippen LogP contribution < -0.4 is 0 Å². The van der Waals surface area contributed by atoms with Crippen LogP contribution in [0.15, 0.2) is 0 Å². The summed E-state index contributed by atoms with van der Waals surface area (Å²) < 4.78 is 0. The molecule has 0 bridgehead atoms. The number of rotatable bonds is 0. The molecule has 1 heteroatoms. The molecule has 0 aliphatic carbocycles. The summed E-state index contributed by atoms with van der Waals surface area (Å²) in [5.74, 6) is 2.10. The molecule has 0 heterocycles. The van der Waals surface area contributed by atoms with Crippen LogP contribution in [-0.4, -0.2) is 5.33 Å². The molecule has 0 fully saturated rings. The zero-order valence-electron chi connectivity index (χ0n) is 2.09. The second-order valence-corrected chi connectivity index (χ2v) is 0.871. The Balaban J connectivity index is 2.43. The third kappa shape index (κ3) is 2.04. The minimum atomic E-state index is 0.549. The van der Waals surface area contributed by atoms with Gasteiger partial charge < -0.3 is 0 Å². The van der Waals surface area contributed by atoms with Crippen LogP contribution in [0.1, 0.15) is 0 Å². The van der Waals surface area contributed by atoms with Crippen LogP contribution in [0, 0.1) is 12.3 Å². The van der Waals surface area contributed by atoms with Crippen molar-refractivity contribution in [2.45, 2.75) is 0 Å². The molecular weight excluding hydrogens is 116 g/mol. The van der Waals surface area contributed by atoms with E-state index in [-0.39, 0.29) is 0 Å². The van der Waals surface area contributed by atoms with Gasteiger partial charge in [0.2, 0.25) is 0 Å². The third-order valence-corrected chi connectivity index (χ3v) is 0.347. The lowest BCUT2D eigenvalue weighted by Gasteiger charge is -1.49. The van der Waals surface area contributed by atoms with Crippen molar-refractivity contribution in [3.63, 3.8) is 0 Å². The van der Waals surface area contributed by atoms with E-state index in [1.807, 2.05) is 0 Å². The predicted molar refractivity (Wildman–Crippen MR) is 20.9 cm³/mol. The van der Waals surface area contributed by atoms with E-state index in [4.69, 9.17) is 6.42 Å². The van der Waals surface area contributed by atoms with Crippen LogP contribution >= 0.6 is 15.9 Å². The van der Waals surface area contributed by atoms with Gasteiger partial charge >= 0.3 is 0 Å². The van der Waals surface area contributed by atoms with Crippen LogP contribution in [-0.2, 0) is 0 Å². The van der Waals surface area contributed by atoms with E-state index in [2.05, 4.69) is 21.9 Å². The largest absolute Gasteiger partial charge is 0.0786 e. The maximum Gasteiger partial charge on any atom is 0.0655 e. The fourth-order valence-corrected chi connectivity index (χ4v) is 0. The van der Waals surface area contributed by atoms with Gasteiger partial charge in [0, 0.05) is 0 Å². The fraction of sp³-hybridized carbons (Fsp3) is 0.333. The van der Waals surface area contributed by atoms with Crippen molar-refractivity contribution in [3.8, 4) is 5.92 Å². The van der Waals surface area contributed by atoms with Gasteiger partial charge in [-0.25, -0.2) is 0 Å². The first-order chi connectivity index (χ1) is 1.91. The van der Waals surface area contributed by atoms with Gasteiger partial charge in [-0.2, -0.15) is 0 Å². The first-order valence-electron chi connectivity index (χ1n) is 0.871. The summed E-state index contributed by atoms with van der Waals surface area (Å²) in [6, 6.07) is 0. The van der Waals surface area contributed by atoms with Gasteiger partial charge in [0.1, 0.15) is 0 Å². The van der Waals surface area contributed by atoms with Crippen molar-refractivity contribution < 1.29 is 0 Å². The summed E-state index contributed by atoms with van der Waals surface area (Å²) >= 11 is 2.95. The van der Waals surface area contributed by atoms with Crippen molar-refractivity contribution in [3.05, 3.63) is 6.42 Å². The molecule has 0 nitrogen and oxygen atoms in total. The summed E-state index contributed by atoms with van der Waals surface area (Å²) in [6.07, 6.45) is 6.15. The normalized spacial score (nSPS) is 5.00. The molecule has 0 amide bonds. The monoisotopic (exact) mass is 117 g/mol. The second-order valence-electron chi connectivity index (χ2n) is 0.310. The maximum absolute atomic E-state index is 6.15. The molecule has 21 valence electrons. The molecule has 0 aliphatic rings. The molecule has 0 aromatic rings. The Morgan fingerprint density at radius 3 is 2.25 bits per heavy atom. The van der Waals surface area contributed by atoms with E-state index in [0.717, 1.165) is 0 Å². The van der Waals surface area contributed by atoms with Crippen LogP contribution in [0.3, 0.4) is 0 Å². The highest BCUT2D eigenvalue weighted by molar-refractivity contribution is 9.09. The van der Waals surface area contributed by atoms with Crippen molar-refractivity contribution in [1.82, 2.24) is 0 Å². The van der Waals surface area contributed by atoms with Gasteiger partial charge in [0.25, 0.3) is 0 Å². The average molecular weight is 118 g/mol. The Bertz CT molecular complexity index is 33.0. The van der Waals surface area contributed by atoms with Gasteiger partial charge in [-0.1, -0.05) is 21.9 Å². The van der Waals surface area contributed by atoms with Crippen molar-refractivity contribution in [2.75, 3.05) is 5.33 Å². The summed E-state index contributed by atoms with van der Waals surface area (Å²) in [5, 5.41) is 0.549. The lowest BCUT2D eigenvalue weighted by atomic mass is 10.9. The minimum Gasteiger partial charge on any atom is -0.0786 e. The highest BCUT2D eigenvalue weighted by Crippen LogP contribution is 1.68. The Hall–Kier alpha value is 0.0400. The van der Waals surface area contributed by atoms with E-state index >= 15 is 0 Å². The van der Waals surface area contributed by atoms with Crippen LogP contribution in [0.5, 0.6) is 0 Å². The Morgan fingerprint density at radius 2 is 2.25 bits per heavy atom. The fourth-order valence-electron chi connectivity index (χ4n) is 0. The zero-order chi connectivity index (χ0) is 3.41. The molecule has 0 rings (SSSR count). The summed E-state index contributed by atoms with van der Waals surface area (Å²) in [4.78, 5) is 0. The highest BCUT2D eigenvalue weighted by Gasteiger charge is 1.47. The number of hydrogen-bond acceptors (Lipinski definition) is 0. The van der Waals surface area contributed by atoms with Gasteiger partial charge in [0.15, 0.2) is 0 Å². The van der Waals surface area contributed by atoms with E-state index in [1.54, 1.807) is 0 Å². The topological polar surface area (TPSA) is 0 Å². The van der Waals surface area contributed by atoms with Crippen molar-refractivity contribution in [2.24, 2.45) is 0 Å². The molecule has 0 atom stereocenters. The standard InChI is InChI=1S/C3H2Br/c1-2-3-4/h3H2. The number of hydrogen-bond donors (Lipinski definition) is 0. The highest BCUT2D eigenvalue weighted by atomic mass is 79.9. The molecule has 0 aromatic carbocycles. The SMILES string of the molecule is [C]#CCBr. The first kappa shape index (κ1) is 4.04. The first-order valence-corrected chi connectivity index (χ1v) is 1.99. The van der Waals surface area contributed by atoms with E-state index in [0.29, 0.717) is 5.33 Å². The summed E-state index contributed by atoms with van der Waals surface area (Å²) in [5.41, 5.74) is 0. The Kier molecular flexibility index (Phi) is 3.07. The van der Waals surface area contributed by atoms with Gasteiger partial charge in [-0.15, -0.1) is 0 Å². The number of halogens is 1. The van der Waals surface area contributed by atoms with E-state index in [9.17, 15) is 0 Å². The molecular formula is C3H2Br. The lowest BCUT2D eigenvalue weighted by molar-refractivity contribution is 1.99. The third-order valence-electron chi connectivity index (χ3n) is 0.0668. The Labute approximate surface area is 34.3 Å². The van der Waals surface area contributed by atoms with Crippen molar-refractivity contribution >= 4 is 15.9 Å². The minimum absolute atomic E-state index is 0.549. The summed E-state index contributed by atoms with van der Waals surface area (Å²) in [6.45, 7) is 0. The Morgan fingerprint density at radius 1 is 2.00 bits per heavy atom. The quantitative estimate of drug-likeness (QED) is 0.328. The van der Waals surface area contributed by atoms with Gasteiger partial charge in [0.05, 0.1) is 5.33 Å². The molecule has 4 heavy (non-hydrogen) atoms. The zero-order valence-corrected chi connectivity index (χ0v) is 3.67. The van der Waals surface area contributed by atoms with Crippen LogP contribution in [0.4, 0.5) is 0 Å². The summed E-state index contributed by atoms with van der Waals surface area (Å²) in [7, 11) is 0. The average Bonchev–Trinajstić information content (AvgIpc) is 1.37. The van der Waals surface area contributed by atoms with Crippen molar-refractivity contribution in [1.29, 1.82) is 0 Å². The number of alkyl halides is 1. The molecule has 0 spiro atoms. The maximum atomic E-state index is 6.15. The van der Waals surface area contributed by atoms with E-state index < -0.39 is 0 Å². The molecule has 1 radical (unpaired) electrons. The van der Waals surface area contributed by atoms with Gasteiger partial charge in [-0.3, -0.25) is 0 Å².